The number of rotatable bonds is 8. The summed E-state index contributed by atoms with van der Waals surface area (Å²) in [5, 5.41) is 14.9. The Morgan fingerprint density at radius 3 is 2.46 bits per heavy atom. The Labute approximate surface area is 350 Å². The van der Waals surface area contributed by atoms with Crippen molar-refractivity contribution in [3.8, 4) is 5.75 Å². The third-order valence-electron chi connectivity index (χ3n) is 13.3. The topological polar surface area (TPSA) is 142 Å². The van der Waals surface area contributed by atoms with Crippen LogP contribution in [0.2, 0.25) is 0 Å². The Hall–Kier alpha value is -5.84. The van der Waals surface area contributed by atoms with Crippen molar-refractivity contribution in [2.45, 2.75) is 56.4 Å². The first-order valence-electron chi connectivity index (χ1n) is 21.3. The second-order valence-electron chi connectivity index (χ2n) is 17.4. The molecule has 4 aliphatic heterocycles. The van der Waals surface area contributed by atoms with Gasteiger partial charge in [0.25, 0.3) is 5.56 Å². The maximum atomic E-state index is 15.3. The number of piperidine rings is 2. The fourth-order valence-corrected chi connectivity index (χ4v) is 9.83. The number of hydrogen-bond acceptors (Lipinski definition) is 11. The average molecular weight is 839 g/mol. The van der Waals surface area contributed by atoms with Gasteiger partial charge in [0.1, 0.15) is 5.82 Å². The molecule has 3 aromatic heterocycles. The maximum absolute atomic E-state index is 15.3. The lowest BCUT2D eigenvalue weighted by molar-refractivity contribution is -0.134. The van der Waals surface area contributed by atoms with Gasteiger partial charge in [-0.15, -0.1) is 0 Å². The molecule has 1 aliphatic carbocycles. The standard InChI is InChI=1S/C44H49F3N10O4/c1-53-33-10-8-27(20-30(33)38-40(43(53)60)61-24-44(46,47)41(51-38)26-6-7-26)49-32-21-35(48-22-31(32)45)57-18-16-55(17-19-57)23-25-12-14-56(15-13-25)34-5-3-4-28-37(52-54(2)39(28)34)29-9-11-36(58)50-42(29)59/h3-5,8,10,20-22,25-26,29,41,51H,6-7,9,11-19,23-24H2,1-2H3,(H,48,49)(H,50,58,59). The molecule has 14 nitrogen and oxygen atoms in total. The fraction of sp³-hybridized carbons (Fsp3) is 0.477. The fourth-order valence-electron chi connectivity index (χ4n) is 9.83. The van der Waals surface area contributed by atoms with Crippen molar-refractivity contribution < 1.29 is 27.5 Å². The SMILES string of the molecule is Cn1nc(C2CCC(=O)NC2=O)c2cccc(N3CCC(CN4CCN(c5cc(Nc6ccc7c(c6)c6c(c(=O)n7C)OCC(F)(F)C(C7CC7)N6)c(F)cn5)CC4)CC3)c21. The van der Waals surface area contributed by atoms with E-state index in [0.717, 1.165) is 80.9 Å². The molecule has 320 valence electrons. The van der Waals surface area contributed by atoms with Crippen molar-refractivity contribution in [1.82, 2.24) is 29.5 Å². The summed E-state index contributed by atoms with van der Waals surface area (Å²) in [6.45, 7) is 5.13. The Kier molecular flexibility index (Phi) is 9.83. The average Bonchev–Trinajstić information content (AvgIpc) is 4.05. The van der Waals surface area contributed by atoms with Gasteiger partial charge in [-0.2, -0.15) is 5.10 Å². The van der Waals surface area contributed by atoms with Gasteiger partial charge in [-0.1, -0.05) is 12.1 Å². The van der Waals surface area contributed by atoms with Crippen molar-refractivity contribution >= 4 is 62.2 Å². The molecule has 10 rings (SSSR count). The molecule has 2 amide bonds. The van der Waals surface area contributed by atoms with Crippen molar-refractivity contribution in [3.63, 3.8) is 0 Å². The number of halogens is 3. The van der Waals surface area contributed by atoms with Crippen LogP contribution in [0.4, 0.5) is 41.7 Å². The number of para-hydroxylation sites is 1. The molecule has 5 aromatic rings. The van der Waals surface area contributed by atoms with Crippen LogP contribution in [-0.4, -0.2) is 100 Å². The van der Waals surface area contributed by atoms with E-state index in [0.29, 0.717) is 54.0 Å². The number of pyridine rings is 2. The largest absolute Gasteiger partial charge is 0.480 e. The van der Waals surface area contributed by atoms with Crippen LogP contribution in [0.3, 0.4) is 0 Å². The molecular formula is C44H49F3N10O4. The molecule has 0 spiro atoms. The number of fused-ring (bicyclic) bond motifs is 4. The number of ether oxygens (including phenoxy) is 1. The highest BCUT2D eigenvalue weighted by molar-refractivity contribution is 6.04. The van der Waals surface area contributed by atoms with E-state index in [9.17, 15) is 14.4 Å². The molecule has 4 fully saturated rings. The van der Waals surface area contributed by atoms with Crippen LogP contribution in [0.15, 0.2) is 53.5 Å². The predicted molar refractivity (Wildman–Crippen MR) is 227 cm³/mol. The summed E-state index contributed by atoms with van der Waals surface area (Å²) in [4.78, 5) is 49.2. The summed E-state index contributed by atoms with van der Waals surface area (Å²) in [7, 11) is 3.50. The van der Waals surface area contributed by atoms with E-state index in [4.69, 9.17) is 9.84 Å². The molecule has 5 aliphatic rings. The van der Waals surface area contributed by atoms with Gasteiger partial charge in [-0.25, -0.2) is 18.2 Å². The lowest BCUT2D eigenvalue weighted by atomic mass is 9.92. The smallest absolute Gasteiger partial charge is 0.301 e. The van der Waals surface area contributed by atoms with E-state index >= 15 is 13.2 Å². The van der Waals surface area contributed by atoms with Crippen LogP contribution in [0.5, 0.6) is 5.75 Å². The number of amides is 2. The second kappa shape index (κ2) is 15.3. The first-order chi connectivity index (χ1) is 29.4. The van der Waals surface area contributed by atoms with Gasteiger partial charge in [0.2, 0.25) is 17.6 Å². The number of anilines is 5. The highest BCUT2D eigenvalue weighted by Crippen LogP contribution is 2.46. The first kappa shape index (κ1) is 39.3. The summed E-state index contributed by atoms with van der Waals surface area (Å²) < 4.78 is 54.4. The normalized spacial score (nSPS) is 22.4. The van der Waals surface area contributed by atoms with Crippen LogP contribution >= 0.6 is 0 Å². The van der Waals surface area contributed by atoms with Crippen LogP contribution in [0, 0.1) is 17.7 Å². The maximum Gasteiger partial charge on any atom is 0.301 e. The lowest BCUT2D eigenvalue weighted by Crippen LogP contribution is -2.49. The third-order valence-corrected chi connectivity index (χ3v) is 13.3. The van der Waals surface area contributed by atoms with Crippen LogP contribution in [-0.2, 0) is 23.7 Å². The Morgan fingerprint density at radius 1 is 0.918 bits per heavy atom. The number of carbonyl (C=O) groups excluding carboxylic acids is 2. The number of nitrogens with zero attached hydrogens (tertiary/aromatic N) is 7. The first-order valence-corrected chi connectivity index (χ1v) is 21.3. The predicted octanol–water partition coefficient (Wildman–Crippen LogP) is 5.48. The molecule has 2 aromatic carbocycles. The zero-order valence-electron chi connectivity index (χ0n) is 34.2. The van der Waals surface area contributed by atoms with Crippen LogP contribution in [0.25, 0.3) is 21.8 Å². The summed E-state index contributed by atoms with van der Waals surface area (Å²) in [6.07, 6.45) is 5.45. The minimum absolute atomic E-state index is 0.140. The highest BCUT2D eigenvalue weighted by Gasteiger charge is 2.51. The Morgan fingerprint density at radius 2 is 1.70 bits per heavy atom. The molecule has 2 unspecified atom stereocenters. The van der Waals surface area contributed by atoms with Crippen molar-refractivity contribution in [2.24, 2.45) is 25.9 Å². The third kappa shape index (κ3) is 7.29. The number of nitrogens with one attached hydrogen (secondary N) is 3. The molecule has 2 atom stereocenters. The molecule has 17 heteroatoms. The number of imide groups is 1. The molecule has 3 N–H and O–H groups in total. The molecule has 61 heavy (non-hydrogen) atoms. The van der Waals surface area contributed by atoms with E-state index in [1.54, 1.807) is 31.3 Å². The van der Waals surface area contributed by atoms with Crippen LogP contribution < -0.4 is 36.0 Å². The van der Waals surface area contributed by atoms with Crippen molar-refractivity contribution in [1.29, 1.82) is 0 Å². The number of aromatic nitrogens is 4. The number of carbonyl (C=O) groups is 2. The van der Waals surface area contributed by atoms with Gasteiger partial charge in [0, 0.05) is 88.9 Å². The van der Waals surface area contributed by atoms with E-state index in [1.165, 1.54) is 10.8 Å². The number of aryl methyl sites for hydroxylation is 2. The van der Waals surface area contributed by atoms with Gasteiger partial charge in [0.05, 0.1) is 51.9 Å². The second-order valence-corrected chi connectivity index (χ2v) is 17.4. The van der Waals surface area contributed by atoms with E-state index in [1.807, 2.05) is 23.9 Å². The van der Waals surface area contributed by atoms with Gasteiger partial charge < -0.3 is 29.7 Å². The Balaban J connectivity index is 0.777. The highest BCUT2D eigenvalue weighted by atomic mass is 19.3. The Bertz CT molecular complexity index is 2610. The van der Waals surface area contributed by atoms with Gasteiger partial charge in [0.15, 0.2) is 12.4 Å². The molecule has 0 radical (unpaired) electrons. The number of alkyl halides is 2. The number of hydrogen-bond donors (Lipinski definition) is 3. The quantitative estimate of drug-likeness (QED) is 0.171. The van der Waals surface area contributed by atoms with Gasteiger partial charge >= 0.3 is 5.92 Å². The van der Waals surface area contributed by atoms with Crippen molar-refractivity contribution in [3.05, 3.63) is 70.5 Å². The van der Waals surface area contributed by atoms with E-state index in [2.05, 4.69) is 41.7 Å². The summed E-state index contributed by atoms with van der Waals surface area (Å²) in [6, 6.07) is 11.9. The number of piperazine rings is 1. The molecule has 3 saturated heterocycles. The molecule has 0 bridgehead atoms. The zero-order chi connectivity index (χ0) is 42.2. The van der Waals surface area contributed by atoms with Crippen LogP contribution in [0.1, 0.15) is 50.1 Å². The minimum atomic E-state index is -3.15. The monoisotopic (exact) mass is 838 g/mol. The zero-order valence-corrected chi connectivity index (χ0v) is 34.2. The minimum Gasteiger partial charge on any atom is -0.480 e. The summed E-state index contributed by atoms with van der Waals surface area (Å²) >= 11 is 0. The van der Waals surface area contributed by atoms with E-state index < -0.39 is 35.9 Å². The number of benzene rings is 2. The molecule has 1 saturated carbocycles. The summed E-state index contributed by atoms with van der Waals surface area (Å²) in [5.74, 6) is -3.78. The van der Waals surface area contributed by atoms with Gasteiger partial charge in [-0.3, -0.25) is 29.3 Å². The summed E-state index contributed by atoms with van der Waals surface area (Å²) in [5.41, 5.74) is 3.87. The van der Waals surface area contributed by atoms with Gasteiger partial charge in [-0.05, 0) is 68.2 Å². The molecule has 7 heterocycles. The lowest BCUT2D eigenvalue weighted by Gasteiger charge is -2.40. The molecular weight excluding hydrogens is 790 g/mol. The van der Waals surface area contributed by atoms with Crippen molar-refractivity contribution in [2.75, 3.05) is 72.9 Å². The van der Waals surface area contributed by atoms with E-state index in [-0.39, 0.29) is 34.9 Å².